The van der Waals surface area contributed by atoms with E-state index >= 15 is 0 Å². The van der Waals surface area contributed by atoms with Crippen molar-refractivity contribution in [3.8, 4) is 0 Å². The molecular weight excluding hydrogens is 490 g/mol. The van der Waals surface area contributed by atoms with Crippen molar-refractivity contribution in [1.29, 1.82) is 0 Å². The van der Waals surface area contributed by atoms with Crippen LogP contribution >= 0.6 is 11.3 Å². The Morgan fingerprint density at radius 2 is 1.51 bits per heavy atom. The molecule has 3 nitrogen and oxygen atoms in total. The molecule has 0 atom stereocenters. The molecule has 0 unspecified atom stereocenters. The number of aliphatic hydroxyl groups excluding tert-OH is 1. The average molecular weight is 532 g/mol. The highest BCUT2D eigenvalue weighted by atomic mass is 32.1. The van der Waals surface area contributed by atoms with Gasteiger partial charge in [-0.3, -0.25) is 0 Å². The predicted octanol–water partition coefficient (Wildman–Crippen LogP) is 9.11. The van der Waals surface area contributed by atoms with Crippen LogP contribution in [0.1, 0.15) is 57.7 Å². The molecule has 0 aliphatic carbocycles. The summed E-state index contributed by atoms with van der Waals surface area (Å²) in [6, 6.07) is 12.3. The number of halogens is 1. The van der Waals surface area contributed by atoms with Gasteiger partial charge in [-0.15, -0.1) is 11.3 Å². The fraction of sp³-hybridized carbons (Fsp3) is 0.464. The molecule has 1 aromatic heterocycles. The van der Waals surface area contributed by atoms with Crippen molar-refractivity contribution in [2.24, 2.45) is 0 Å². The minimum absolute atomic E-state index is 0.0299. The maximum absolute atomic E-state index is 13.1. The van der Waals surface area contributed by atoms with Gasteiger partial charge in [0.2, 0.25) is 0 Å². The number of rotatable bonds is 5. The Morgan fingerprint density at radius 3 is 2.06 bits per heavy atom. The van der Waals surface area contributed by atoms with Crippen LogP contribution in [0.2, 0.25) is 36.3 Å². The van der Waals surface area contributed by atoms with E-state index in [0.29, 0.717) is 15.6 Å². The first kappa shape index (κ1) is 29.6. The van der Waals surface area contributed by atoms with Gasteiger partial charge in [0.05, 0.1) is 16.8 Å². The van der Waals surface area contributed by atoms with Gasteiger partial charge in [-0.2, -0.15) is 0 Å². The zero-order chi connectivity index (χ0) is 26.7. The molecule has 7 heteroatoms. The van der Waals surface area contributed by atoms with Gasteiger partial charge in [0.1, 0.15) is 10.8 Å². The maximum atomic E-state index is 13.1. The average Bonchev–Trinajstić information content (AvgIpc) is 3.12. The first-order valence-corrected chi connectivity index (χ1v) is 18.7. The van der Waals surface area contributed by atoms with E-state index in [0.717, 1.165) is 20.8 Å². The Balaban J connectivity index is 0.000000260. The molecule has 0 radical (unpaired) electrons. The van der Waals surface area contributed by atoms with Crippen LogP contribution in [0.3, 0.4) is 0 Å². The Labute approximate surface area is 217 Å². The van der Waals surface area contributed by atoms with E-state index < -0.39 is 16.6 Å². The predicted molar refractivity (Wildman–Crippen MR) is 156 cm³/mol. The smallest absolute Gasteiger partial charge is 0.178 e. The third-order valence-electron chi connectivity index (χ3n) is 7.04. The number of hydrogen-bond donors (Lipinski definition) is 1. The van der Waals surface area contributed by atoms with Crippen molar-refractivity contribution in [3.05, 3.63) is 64.4 Å². The molecule has 0 aliphatic rings. The highest BCUT2D eigenvalue weighted by Crippen LogP contribution is 2.44. The van der Waals surface area contributed by atoms with Gasteiger partial charge in [-0.1, -0.05) is 65.8 Å². The largest absolute Gasteiger partial charge is 0.455 e. The van der Waals surface area contributed by atoms with Gasteiger partial charge >= 0.3 is 0 Å². The maximum Gasteiger partial charge on any atom is 0.178 e. The quantitative estimate of drug-likeness (QED) is 0.334. The normalized spacial score (nSPS) is 13.3. The lowest BCUT2D eigenvalue weighted by Gasteiger charge is -2.47. The fourth-order valence-electron chi connectivity index (χ4n) is 2.90. The van der Waals surface area contributed by atoms with Crippen molar-refractivity contribution in [2.45, 2.75) is 84.4 Å². The van der Waals surface area contributed by atoms with E-state index in [9.17, 15) is 4.39 Å². The molecular formula is C28H42FNO2SSi2. The van der Waals surface area contributed by atoms with Crippen molar-refractivity contribution < 1.29 is 13.6 Å². The Morgan fingerprint density at radius 1 is 0.914 bits per heavy atom. The summed E-state index contributed by atoms with van der Waals surface area (Å²) in [4.78, 5) is 4.37. The summed E-state index contributed by atoms with van der Waals surface area (Å²) >= 11 is 1.52. The molecule has 192 valence electrons. The molecule has 0 amide bonds. The van der Waals surface area contributed by atoms with Crippen LogP contribution in [0.25, 0.3) is 22.4 Å². The zero-order valence-electron chi connectivity index (χ0n) is 23.0. The van der Waals surface area contributed by atoms with E-state index in [1.807, 2.05) is 36.4 Å². The molecule has 3 aromatic rings. The highest BCUT2D eigenvalue weighted by molar-refractivity contribution is 7.19. The lowest BCUT2D eigenvalue weighted by molar-refractivity contribution is 0.282. The summed E-state index contributed by atoms with van der Waals surface area (Å²) in [7, 11) is -3.18. The van der Waals surface area contributed by atoms with Gasteiger partial charge in [0.25, 0.3) is 0 Å². The van der Waals surface area contributed by atoms with E-state index in [-0.39, 0.29) is 12.4 Å². The van der Waals surface area contributed by atoms with Crippen LogP contribution in [0.15, 0.2) is 42.5 Å². The number of aliphatic hydroxyl groups is 1. The number of benzene rings is 2. The van der Waals surface area contributed by atoms with E-state index in [4.69, 9.17) is 9.22 Å². The minimum Gasteiger partial charge on any atom is -0.455 e. The Hall–Kier alpha value is -1.65. The number of fused-ring (bicyclic) bond motifs is 1. The minimum atomic E-state index is -1.59. The number of aromatic nitrogens is 1. The van der Waals surface area contributed by atoms with Crippen molar-refractivity contribution in [3.63, 3.8) is 0 Å². The van der Waals surface area contributed by atoms with Crippen molar-refractivity contribution in [2.75, 3.05) is 0 Å². The zero-order valence-corrected chi connectivity index (χ0v) is 25.8. The lowest BCUT2D eigenvalue weighted by Crippen LogP contribution is -2.53. The second kappa shape index (κ2) is 11.2. The van der Waals surface area contributed by atoms with Crippen LogP contribution < -0.4 is 0 Å². The molecule has 35 heavy (non-hydrogen) atoms. The molecule has 0 saturated carbocycles. The van der Waals surface area contributed by atoms with Crippen molar-refractivity contribution in [1.82, 2.24) is 4.98 Å². The standard InChI is InChI=1S/C16H12FNOS.C12H30OSi2/c17-13-5-6-15-14(9-13)18-16(20-15)7-4-11-2-1-3-12(8-11)10-19;1-11(2,3)14(7,8)13-15(9,10)12(4,5)6/h1-9,19H,10H2;1-10H3. The second-order valence-electron chi connectivity index (χ2n) is 12.0. The second-order valence-corrected chi connectivity index (χ2v) is 22.9. The summed E-state index contributed by atoms with van der Waals surface area (Å²) in [5, 5.41) is 10.6. The summed E-state index contributed by atoms with van der Waals surface area (Å²) in [5.41, 5.74) is 2.55. The Bertz CT molecular complexity index is 1130. The monoisotopic (exact) mass is 531 g/mol. The van der Waals surface area contributed by atoms with Gasteiger partial charge < -0.3 is 9.22 Å². The molecule has 0 saturated heterocycles. The summed E-state index contributed by atoms with van der Waals surface area (Å²) in [5.74, 6) is -0.269. The summed E-state index contributed by atoms with van der Waals surface area (Å²) < 4.78 is 20.7. The van der Waals surface area contributed by atoms with Gasteiger partial charge in [-0.05, 0) is 71.7 Å². The number of thiazole rings is 1. The highest BCUT2D eigenvalue weighted by Gasteiger charge is 2.46. The summed E-state index contributed by atoms with van der Waals surface area (Å²) in [6.45, 7) is 23.3. The summed E-state index contributed by atoms with van der Waals surface area (Å²) in [6.07, 6.45) is 3.84. The molecule has 3 rings (SSSR count). The molecule has 0 aliphatic heterocycles. The van der Waals surface area contributed by atoms with E-state index in [2.05, 4.69) is 72.7 Å². The first-order valence-electron chi connectivity index (χ1n) is 12.1. The van der Waals surface area contributed by atoms with E-state index in [1.165, 1.54) is 23.5 Å². The molecule has 1 N–H and O–H groups in total. The van der Waals surface area contributed by atoms with Crippen LogP contribution in [-0.2, 0) is 10.7 Å². The SMILES string of the molecule is CC(C)(C)[Si](C)(C)O[Si](C)(C)C(C)(C)C.OCc1cccc(C=Cc2nc3cc(F)ccc3s2)c1. The molecule has 0 spiro atoms. The molecule has 2 aromatic carbocycles. The van der Waals surface area contributed by atoms with Crippen LogP contribution in [0.5, 0.6) is 0 Å². The lowest BCUT2D eigenvalue weighted by atomic mass is 10.1. The fourth-order valence-corrected chi connectivity index (χ4v) is 11.3. The third kappa shape index (κ3) is 8.18. The molecule has 1 heterocycles. The number of nitrogens with zero attached hydrogens (tertiary/aromatic N) is 1. The van der Waals surface area contributed by atoms with Gasteiger partial charge in [-0.25, -0.2) is 9.37 Å². The van der Waals surface area contributed by atoms with Crippen molar-refractivity contribution >= 4 is 50.3 Å². The van der Waals surface area contributed by atoms with Gasteiger partial charge in [0, 0.05) is 6.07 Å². The molecule has 0 bridgehead atoms. The van der Waals surface area contributed by atoms with E-state index in [1.54, 1.807) is 6.07 Å². The third-order valence-corrected chi connectivity index (χ3v) is 19.3. The topological polar surface area (TPSA) is 42.4 Å². The molecule has 0 fully saturated rings. The van der Waals surface area contributed by atoms with Gasteiger partial charge in [0.15, 0.2) is 16.6 Å². The number of hydrogen-bond acceptors (Lipinski definition) is 4. The Kier molecular flexibility index (Phi) is 9.44. The van der Waals surface area contributed by atoms with Crippen LogP contribution in [0, 0.1) is 5.82 Å². The first-order chi connectivity index (χ1) is 15.9. The van der Waals surface area contributed by atoms with Crippen LogP contribution in [0.4, 0.5) is 4.39 Å². The van der Waals surface area contributed by atoms with Crippen LogP contribution in [-0.4, -0.2) is 26.7 Å².